The van der Waals surface area contributed by atoms with Gasteiger partial charge in [-0.05, 0) is 100.0 Å². The Hall–Kier alpha value is -4.95. The second-order valence-electron chi connectivity index (χ2n) is 10.4. The number of carbonyl (C=O) groups excluding carboxylic acids is 2. The first-order valence-corrected chi connectivity index (χ1v) is 13.9. The molecule has 0 spiro atoms. The van der Waals surface area contributed by atoms with Gasteiger partial charge in [0, 0.05) is 40.8 Å². The molecule has 2 amide bonds. The molecule has 0 atom stereocenters. The molecule has 1 aromatic heterocycles. The third-order valence-corrected chi connectivity index (χ3v) is 6.87. The largest absolute Gasteiger partial charge is 0.372 e. The van der Waals surface area contributed by atoms with E-state index in [0.29, 0.717) is 13.1 Å². The van der Waals surface area contributed by atoms with Crippen LogP contribution in [0.15, 0.2) is 97.0 Å². The summed E-state index contributed by atoms with van der Waals surface area (Å²) in [6.07, 6.45) is 7.10. The fraction of sp³-hybridized carbons (Fsp3) is 0.200. The van der Waals surface area contributed by atoms with Gasteiger partial charge in [0.1, 0.15) is 5.82 Å². The van der Waals surface area contributed by atoms with Crippen molar-refractivity contribution in [2.45, 2.75) is 34.2 Å². The maximum atomic E-state index is 13.9. The van der Waals surface area contributed by atoms with Crippen molar-refractivity contribution >= 4 is 29.4 Å². The lowest BCUT2D eigenvalue weighted by Crippen LogP contribution is -2.21. The fourth-order valence-electron chi connectivity index (χ4n) is 4.90. The highest BCUT2D eigenvalue weighted by Crippen LogP contribution is 2.28. The van der Waals surface area contributed by atoms with Gasteiger partial charge < -0.3 is 25.8 Å². The zero-order chi connectivity index (χ0) is 31.5. The number of likely N-dealkylation sites (N-methyl/N-ethyl adjacent to an activating group) is 1. The number of halogens is 1. The van der Waals surface area contributed by atoms with Crippen LogP contribution in [0.25, 0.3) is 22.3 Å². The second-order valence-corrected chi connectivity index (χ2v) is 10.4. The van der Waals surface area contributed by atoms with Crippen LogP contribution < -0.4 is 16.4 Å². The summed E-state index contributed by atoms with van der Waals surface area (Å²) in [6.45, 7) is 13.1. The average Bonchev–Trinajstić information content (AvgIpc) is 3.30. The number of nitrogens with zero attached hydrogens (tertiary/aromatic N) is 2. The van der Waals surface area contributed by atoms with Crippen LogP contribution in [0.4, 0.5) is 4.39 Å². The quantitative estimate of drug-likeness (QED) is 0.149. The molecule has 8 heteroatoms. The van der Waals surface area contributed by atoms with Gasteiger partial charge in [0.2, 0.25) is 12.8 Å². The van der Waals surface area contributed by atoms with Crippen molar-refractivity contribution in [2.75, 3.05) is 13.6 Å². The molecular formula is C35H40FN5O2. The van der Waals surface area contributed by atoms with E-state index in [-0.39, 0.29) is 12.2 Å². The lowest BCUT2D eigenvalue weighted by Gasteiger charge is -2.23. The first-order chi connectivity index (χ1) is 20.6. The van der Waals surface area contributed by atoms with Crippen LogP contribution in [0.1, 0.15) is 34.7 Å². The number of nitrogens with one attached hydrogen (secondary N) is 2. The Kier molecular flexibility index (Phi) is 11.6. The monoisotopic (exact) mass is 581 g/mol. The number of rotatable bonds is 11. The minimum atomic E-state index is -0.250. The molecule has 4 rings (SSSR count). The molecule has 0 radical (unpaired) electrons. The first-order valence-electron chi connectivity index (χ1n) is 13.9. The summed E-state index contributed by atoms with van der Waals surface area (Å²) in [5.41, 5.74) is 13.8. The third-order valence-electron chi connectivity index (χ3n) is 6.87. The molecule has 1 heterocycles. The molecular weight excluding hydrogens is 541 g/mol. The van der Waals surface area contributed by atoms with Gasteiger partial charge in [-0.25, -0.2) is 4.39 Å². The van der Waals surface area contributed by atoms with Crippen LogP contribution >= 0.6 is 0 Å². The number of hydrogen-bond donors (Lipinski definition) is 3. The lowest BCUT2D eigenvalue weighted by atomic mass is 10.0. The average molecular weight is 582 g/mol. The number of hydrogen-bond acceptors (Lipinski definition) is 4. The van der Waals surface area contributed by atoms with Gasteiger partial charge in [-0.2, -0.15) is 0 Å². The lowest BCUT2D eigenvalue weighted by molar-refractivity contribution is -0.115. The summed E-state index contributed by atoms with van der Waals surface area (Å²) < 4.78 is 16.0. The zero-order valence-corrected chi connectivity index (χ0v) is 25.4. The minimum Gasteiger partial charge on any atom is -0.372 e. The van der Waals surface area contributed by atoms with Crippen LogP contribution in [0, 0.1) is 26.6 Å². The highest BCUT2D eigenvalue weighted by molar-refractivity contribution is 5.85. The van der Waals surface area contributed by atoms with E-state index in [1.807, 2.05) is 57.4 Å². The number of primary amides is 1. The zero-order valence-electron chi connectivity index (χ0n) is 25.4. The minimum absolute atomic E-state index is 0.250. The number of fused-ring (bicyclic) bond motifs is 1. The molecule has 0 unspecified atom stereocenters. The van der Waals surface area contributed by atoms with Crippen molar-refractivity contribution in [1.29, 1.82) is 0 Å². The van der Waals surface area contributed by atoms with Gasteiger partial charge in [0.05, 0.1) is 17.8 Å². The number of carbonyl (C=O) groups is 2. The van der Waals surface area contributed by atoms with Crippen molar-refractivity contribution in [3.05, 3.63) is 131 Å². The third kappa shape index (κ3) is 8.53. The standard InChI is InChI=1S/C34H37FN4O.CH3NO/c1-23-10-11-24(2)31(16-23)33(14-12-26(4)37-27(5)19-36-6)38(22-40)21-28-8-7-9-30(17-28)39-20-25(3)32-18-29(35)13-15-34(32)39;2-1-3/h7-18,20,22,36-37H,5,19,21H2,1-4,6H3;1H,(H2,2,3)/b26-12+,33-14-;. The van der Waals surface area contributed by atoms with Gasteiger partial charge in [-0.1, -0.05) is 36.4 Å². The summed E-state index contributed by atoms with van der Waals surface area (Å²) >= 11 is 0. The molecule has 224 valence electrons. The van der Waals surface area contributed by atoms with E-state index in [0.717, 1.165) is 67.9 Å². The molecule has 3 aromatic carbocycles. The molecule has 0 aliphatic heterocycles. The van der Waals surface area contributed by atoms with E-state index in [4.69, 9.17) is 4.79 Å². The summed E-state index contributed by atoms with van der Waals surface area (Å²) in [4.78, 5) is 22.9. The Morgan fingerprint density at radius 1 is 1.02 bits per heavy atom. The number of nitrogens with two attached hydrogens (primary N) is 1. The molecule has 0 aliphatic carbocycles. The van der Waals surface area contributed by atoms with E-state index in [2.05, 4.69) is 65.6 Å². The molecule has 0 bridgehead atoms. The van der Waals surface area contributed by atoms with E-state index in [9.17, 15) is 9.18 Å². The topological polar surface area (TPSA) is 92.4 Å². The van der Waals surface area contributed by atoms with Crippen molar-refractivity contribution in [3.8, 4) is 5.69 Å². The Balaban J connectivity index is 0.00000162. The summed E-state index contributed by atoms with van der Waals surface area (Å²) in [5, 5.41) is 7.26. The maximum Gasteiger partial charge on any atom is 0.214 e. The predicted octanol–water partition coefficient (Wildman–Crippen LogP) is 6.02. The summed E-state index contributed by atoms with van der Waals surface area (Å²) in [5.74, 6) is -0.250. The van der Waals surface area contributed by atoms with Crippen molar-refractivity contribution in [3.63, 3.8) is 0 Å². The van der Waals surface area contributed by atoms with E-state index in [1.54, 1.807) is 17.0 Å². The number of allylic oxidation sites excluding steroid dienone is 3. The highest BCUT2D eigenvalue weighted by Gasteiger charge is 2.15. The van der Waals surface area contributed by atoms with E-state index in [1.165, 1.54) is 6.07 Å². The molecule has 4 aromatic rings. The second kappa shape index (κ2) is 15.3. The molecule has 0 saturated carbocycles. The molecule has 7 nitrogen and oxygen atoms in total. The molecule has 4 N–H and O–H groups in total. The fourth-order valence-corrected chi connectivity index (χ4v) is 4.90. The van der Waals surface area contributed by atoms with Crippen molar-refractivity contribution in [2.24, 2.45) is 5.73 Å². The highest BCUT2D eigenvalue weighted by atomic mass is 19.1. The molecule has 0 fully saturated rings. The normalized spacial score (nSPS) is 11.5. The smallest absolute Gasteiger partial charge is 0.214 e. The Labute approximate surface area is 253 Å². The predicted molar refractivity (Wildman–Crippen MR) is 174 cm³/mol. The van der Waals surface area contributed by atoms with Gasteiger partial charge in [-0.3, -0.25) is 9.59 Å². The molecule has 0 aliphatic rings. The van der Waals surface area contributed by atoms with Crippen molar-refractivity contribution < 1.29 is 14.0 Å². The number of aromatic nitrogens is 1. The molecule has 43 heavy (non-hydrogen) atoms. The van der Waals surface area contributed by atoms with Gasteiger partial charge in [0.25, 0.3) is 0 Å². The van der Waals surface area contributed by atoms with Crippen molar-refractivity contribution in [1.82, 2.24) is 20.1 Å². The van der Waals surface area contributed by atoms with Crippen LogP contribution in [0.2, 0.25) is 0 Å². The Morgan fingerprint density at radius 2 is 1.77 bits per heavy atom. The number of benzene rings is 3. The van der Waals surface area contributed by atoms with Gasteiger partial charge in [0.15, 0.2) is 0 Å². The summed E-state index contributed by atoms with van der Waals surface area (Å²) in [6, 6.07) is 19.2. The van der Waals surface area contributed by atoms with Crippen LogP contribution in [-0.4, -0.2) is 35.9 Å². The van der Waals surface area contributed by atoms with Gasteiger partial charge >= 0.3 is 0 Å². The van der Waals surface area contributed by atoms with Crippen LogP contribution in [0.3, 0.4) is 0 Å². The summed E-state index contributed by atoms with van der Waals surface area (Å²) in [7, 11) is 1.88. The number of aryl methyl sites for hydroxylation is 3. The Bertz CT molecular complexity index is 1670. The van der Waals surface area contributed by atoms with Crippen LogP contribution in [0.5, 0.6) is 0 Å². The van der Waals surface area contributed by atoms with E-state index >= 15 is 0 Å². The molecule has 0 saturated heterocycles. The van der Waals surface area contributed by atoms with E-state index < -0.39 is 0 Å². The van der Waals surface area contributed by atoms with Gasteiger partial charge in [-0.15, -0.1) is 0 Å². The SMILES string of the molecule is C=C(CNC)N/C(C)=C/C=C(/c1cc(C)ccc1C)N(C=O)Cc1cccc(-n2cc(C)c3cc(F)ccc32)c1.NC=O. The maximum absolute atomic E-state index is 13.9. The Morgan fingerprint density at radius 3 is 2.47 bits per heavy atom. The first kappa shape index (κ1) is 32.6. The van der Waals surface area contributed by atoms with Crippen LogP contribution in [-0.2, 0) is 16.1 Å². The number of amides is 2.